The maximum Gasteiger partial charge on any atom is 0.264 e. The van der Waals surface area contributed by atoms with E-state index in [9.17, 15) is 13.2 Å². The molecule has 0 bridgehead atoms. The number of hydrogen-bond donors (Lipinski definition) is 1. The van der Waals surface area contributed by atoms with Crippen LogP contribution in [0.3, 0.4) is 0 Å². The van der Waals surface area contributed by atoms with Crippen molar-refractivity contribution in [2.75, 3.05) is 21.9 Å². The van der Waals surface area contributed by atoms with Crippen LogP contribution < -0.4 is 9.62 Å². The molecule has 1 heterocycles. The van der Waals surface area contributed by atoms with Crippen LogP contribution in [0.4, 0.5) is 11.4 Å². The maximum atomic E-state index is 13.3. The third-order valence-electron chi connectivity index (χ3n) is 5.25. The quantitative estimate of drug-likeness (QED) is 0.308. The fourth-order valence-corrected chi connectivity index (χ4v) is 5.86. The molecule has 0 radical (unpaired) electrons. The molecule has 4 rings (SSSR count). The Hall–Kier alpha value is -3.41. The number of tetrazole rings is 1. The van der Waals surface area contributed by atoms with E-state index in [4.69, 9.17) is 11.6 Å². The molecule has 0 aliphatic heterocycles. The van der Waals surface area contributed by atoms with Gasteiger partial charge in [-0.05, 0) is 66.2 Å². The Morgan fingerprint density at radius 3 is 2.53 bits per heavy atom. The summed E-state index contributed by atoms with van der Waals surface area (Å²) < 4.78 is 29.5. The predicted molar refractivity (Wildman–Crippen MR) is 141 cm³/mol. The molecule has 0 aliphatic rings. The fraction of sp³-hybridized carbons (Fsp3) is 0.167. The van der Waals surface area contributed by atoms with E-state index < -0.39 is 10.0 Å². The SMILES string of the molecule is CCN(c1ccccc1)S(=O)(=O)c1ccc(Cl)c(NC(=O)CSc2nnnn2-c2ccccc2C)c1. The number of nitrogens with zero attached hydrogens (tertiary/aromatic N) is 5. The molecule has 0 fully saturated rings. The van der Waals surface area contributed by atoms with Gasteiger partial charge in [-0.25, -0.2) is 8.42 Å². The lowest BCUT2D eigenvalue weighted by Crippen LogP contribution is -2.30. The van der Waals surface area contributed by atoms with Crippen molar-refractivity contribution in [1.29, 1.82) is 0 Å². The van der Waals surface area contributed by atoms with Crippen LogP contribution in [0.5, 0.6) is 0 Å². The number of sulfonamides is 1. The lowest BCUT2D eigenvalue weighted by molar-refractivity contribution is -0.113. The number of thioether (sulfide) groups is 1. The molecular weight excluding hydrogens is 520 g/mol. The number of benzene rings is 3. The van der Waals surface area contributed by atoms with Gasteiger partial charge >= 0.3 is 0 Å². The average molecular weight is 543 g/mol. The summed E-state index contributed by atoms with van der Waals surface area (Å²) in [6.45, 7) is 3.94. The van der Waals surface area contributed by atoms with Gasteiger partial charge in [-0.1, -0.05) is 59.8 Å². The van der Waals surface area contributed by atoms with Crippen LogP contribution in [0.15, 0.2) is 82.8 Å². The second-order valence-electron chi connectivity index (χ2n) is 7.64. The highest BCUT2D eigenvalue weighted by Crippen LogP contribution is 2.30. The van der Waals surface area contributed by atoms with Crippen molar-refractivity contribution in [1.82, 2.24) is 20.2 Å². The zero-order valence-corrected chi connectivity index (χ0v) is 21.9. The molecule has 0 saturated carbocycles. The van der Waals surface area contributed by atoms with Crippen molar-refractivity contribution in [3.05, 3.63) is 83.4 Å². The van der Waals surface area contributed by atoms with Gasteiger partial charge in [0, 0.05) is 6.54 Å². The minimum Gasteiger partial charge on any atom is -0.324 e. The zero-order valence-electron chi connectivity index (χ0n) is 19.5. The summed E-state index contributed by atoms with van der Waals surface area (Å²) in [6, 6.07) is 20.7. The van der Waals surface area contributed by atoms with Gasteiger partial charge in [0.2, 0.25) is 11.1 Å². The minimum atomic E-state index is -3.88. The Morgan fingerprint density at radius 1 is 1.08 bits per heavy atom. The number of carbonyl (C=O) groups is 1. The molecule has 0 saturated heterocycles. The second kappa shape index (κ2) is 11.1. The minimum absolute atomic E-state index is 0.00926. The van der Waals surface area contributed by atoms with Gasteiger partial charge in [0.15, 0.2) is 0 Å². The van der Waals surface area contributed by atoms with Crippen LogP contribution in [-0.4, -0.2) is 46.8 Å². The zero-order chi connectivity index (χ0) is 25.7. The number of anilines is 2. The van der Waals surface area contributed by atoms with E-state index in [1.54, 1.807) is 35.9 Å². The number of aromatic nitrogens is 4. The molecule has 9 nitrogen and oxygen atoms in total. The highest BCUT2D eigenvalue weighted by atomic mass is 35.5. The molecule has 0 unspecified atom stereocenters. The van der Waals surface area contributed by atoms with Crippen molar-refractivity contribution in [2.45, 2.75) is 23.9 Å². The van der Waals surface area contributed by atoms with Crippen LogP contribution in [-0.2, 0) is 14.8 Å². The topological polar surface area (TPSA) is 110 Å². The van der Waals surface area contributed by atoms with E-state index >= 15 is 0 Å². The lowest BCUT2D eigenvalue weighted by atomic mass is 10.2. The number of amides is 1. The van der Waals surface area contributed by atoms with Crippen molar-refractivity contribution < 1.29 is 13.2 Å². The maximum absolute atomic E-state index is 13.3. The predicted octanol–water partition coefficient (Wildman–Crippen LogP) is 4.57. The van der Waals surface area contributed by atoms with Crippen LogP contribution in [0.25, 0.3) is 5.69 Å². The molecule has 1 N–H and O–H groups in total. The van der Waals surface area contributed by atoms with Gasteiger partial charge in [0.05, 0.1) is 32.7 Å². The second-order valence-corrected chi connectivity index (χ2v) is 10.9. The Balaban J connectivity index is 1.50. The molecule has 0 atom stereocenters. The Bertz CT molecular complexity index is 1480. The van der Waals surface area contributed by atoms with E-state index in [1.165, 1.54) is 22.5 Å². The molecule has 1 aromatic heterocycles. The summed E-state index contributed by atoms with van der Waals surface area (Å²) in [6.07, 6.45) is 0. The summed E-state index contributed by atoms with van der Waals surface area (Å²) in [5.41, 5.74) is 2.54. The smallest absolute Gasteiger partial charge is 0.264 e. The van der Waals surface area contributed by atoms with E-state index in [0.717, 1.165) is 23.0 Å². The van der Waals surface area contributed by atoms with Gasteiger partial charge in [-0.3, -0.25) is 9.10 Å². The normalized spacial score (nSPS) is 11.3. The Labute approximate surface area is 218 Å². The molecule has 4 aromatic rings. The Morgan fingerprint density at radius 2 is 1.81 bits per heavy atom. The number of para-hydroxylation sites is 2. The fourth-order valence-electron chi connectivity index (χ4n) is 3.51. The summed E-state index contributed by atoms with van der Waals surface area (Å²) >= 11 is 7.43. The highest BCUT2D eigenvalue weighted by Gasteiger charge is 2.25. The van der Waals surface area contributed by atoms with Gasteiger partial charge in [-0.2, -0.15) is 4.68 Å². The third kappa shape index (κ3) is 5.53. The molecule has 0 spiro atoms. The summed E-state index contributed by atoms with van der Waals surface area (Å²) in [5, 5.41) is 15.1. The van der Waals surface area contributed by atoms with Gasteiger partial charge in [0.25, 0.3) is 10.0 Å². The van der Waals surface area contributed by atoms with Crippen LogP contribution in [0.2, 0.25) is 5.02 Å². The number of halogens is 1. The molecule has 186 valence electrons. The first-order valence-corrected chi connectivity index (χ1v) is 13.8. The van der Waals surface area contributed by atoms with Crippen molar-refractivity contribution in [3.63, 3.8) is 0 Å². The number of nitrogens with one attached hydrogen (secondary N) is 1. The molecule has 3 aromatic carbocycles. The summed E-state index contributed by atoms with van der Waals surface area (Å²) in [5.74, 6) is -0.392. The first-order valence-electron chi connectivity index (χ1n) is 11.0. The number of aryl methyl sites for hydroxylation is 1. The van der Waals surface area contributed by atoms with Crippen LogP contribution in [0.1, 0.15) is 12.5 Å². The van der Waals surface area contributed by atoms with E-state index in [1.807, 2.05) is 37.3 Å². The summed E-state index contributed by atoms with van der Waals surface area (Å²) in [7, 11) is -3.88. The summed E-state index contributed by atoms with van der Waals surface area (Å²) in [4.78, 5) is 12.7. The van der Waals surface area contributed by atoms with Gasteiger partial charge in [-0.15, -0.1) is 5.10 Å². The number of rotatable bonds is 9. The van der Waals surface area contributed by atoms with Crippen molar-refractivity contribution in [3.8, 4) is 5.69 Å². The molecule has 12 heteroatoms. The lowest BCUT2D eigenvalue weighted by Gasteiger charge is -2.23. The van der Waals surface area contributed by atoms with Crippen molar-refractivity contribution in [2.24, 2.45) is 0 Å². The van der Waals surface area contributed by atoms with Crippen molar-refractivity contribution >= 4 is 50.7 Å². The van der Waals surface area contributed by atoms with Crippen LogP contribution >= 0.6 is 23.4 Å². The standard InChI is InChI=1S/C24H23ClN6O3S2/c1-3-30(18-10-5-4-6-11-18)36(33,34)19-13-14-20(25)21(15-19)26-23(32)16-35-24-27-28-29-31(24)22-12-8-7-9-17(22)2/h4-15H,3,16H2,1-2H3,(H,26,32). The van der Waals surface area contributed by atoms with E-state index in [-0.39, 0.29) is 33.8 Å². The first kappa shape index (κ1) is 25.7. The highest BCUT2D eigenvalue weighted by molar-refractivity contribution is 7.99. The third-order valence-corrected chi connectivity index (χ3v) is 8.40. The molecule has 1 amide bonds. The monoisotopic (exact) mass is 542 g/mol. The van der Waals surface area contributed by atoms with Gasteiger partial charge in [0.1, 0.15) is 0 Å². The number of carbonyl (C=O) groups excluding carboxylic acids is 1. The largest absolute Gasteiger partial charge is 0.324 e. The Kier molecular flexibility index (Phi) is 7.92. The molecule has 0 aliphatic carbocycles. The van der Waals surface area contributed by atoms with E-state index in [0.29, 0.717) is 10.8 Å². The average Bonchev–Trinajstić information content (AvgIpc) is 3.33. The number of hydrogen-bond acceptors (Lipinski definition) is 7. The van der Waals surface area contributed by atoms with Crippen LogP contribution in [0, 0.1) is 6.92 Å². The van der Waals surface area contributed by atoms with E-state index in [2.05, 4.69) is 20.8 Å². The van der Waals surface area contributed by atoms with Gasteiger partial charge < -0.3 is 5.32 Å². The molecular formula is C24H23ClN6O3S2. The molecule has 36 heavy (non-hydrogen) atoms. The first-order chi connectivity index (χ1) is 17.3.